The Hall–Kier alpha value is -1.10. The lowest BCUT2D eigenvalue weighted by molar-refractivity contribution is -0.174. The summed E-state index contributed by atoms with van der Waals surface area (Å²) >= 11 is 0. The summed E-state index contributed by atoms with van der Waals surface area (Å²) in [5.41, 5.74) is 0.216. The van der Waals surface area contributed by atoms with Crippen LogP contribution in [0.1, 0.15) is 79.6 Å². The van der Waals surface area contributed by atoms with Crippen LogP contribution in [0.2, 0.25) is 0 Å². The van der Waals surface area contributed by atoms with Crippen molar-refractivity contribution in [3.63, 3.8) is 0 Å². The van der Waals surface area contributed by atoms with Gasteiger partial charge in [0.2, 0.25) is 0 Å². The first-order valence-corrected chi connectivity index (χ1v) is 12.1. The molecule has 0 heterocycles. The maximum atomic E-state index is 11.9. The second-order valence-corrected chi connectivity index (χ2v) is 11.4. The third kappa shape index (κ3) is 3.40. The van der Waals surface area contributed by atoms with Gasteiger partial charge in [-0.2, -0.15) is 0 Å². The molecule has 4 aliphatic rings. The summed E-state index contributed by atoms with van der Waals surface area (Å²) in [6.45, 7) is 10.6. The van der Waals surface area contributed by atoms with E-state index in [0.29, 0.717) is 36.2 Å². The Bertz CT molecular complexity index is 691. The molecule has 0 aromatic heterocycles. The van der Waals surface area contributed by atoms with Crippen molar-refractivity contribution in [3.8, 4) is 0 Å². The largest absolute Gasteiger partial charge is 0.466 e. The standard InChI is InChI=1S/C25H40O5/c1-14-10-19(28)12-18-6-7-20-21(25(14,18)5)8-9-24(4)22(30-16(3)27)11-17(23(20)24)13-29-15(2)26/h14,17-23,28H,6-13H2,1-5H3/t14-,17+,18-,19+,20+,21-,22-,23-,24+,25-/m0/s1. The number of aliphatic hydroxyl groups is 1. The Balaban J connectivity index is 1.66. The minimum Gasteiger partial charge on any atom is -0.466 e. The zero-order valence-electron chi connectivity index (χ0n) is 19.4. The molecule has 4 rings (SSSR count). The van der Waals surface area contributed by atoms with E-state index in [0.717, 1.165) is 25.7 Å². The molecule has 5 nitrogen and oxygen atoms in total. The number of ether oxygens (including phenoxy) is 2. The molecule has 0 bridgehead atoms. The van der Waals surface area contributed by atoms with Gasteiger partial charge in [-0.05, 0) is 80.0 Å². The zero-order chi connectivity index (χ0) is 21.8. The fourth-order valence-electron chi connectivity index (χ4n) is 8.71. The molecule has 0 aliphatic heterocycles. The Morgan fingerprint density at radius 1 is 1.03 bits per heavy atom. The molecule has 0 radical (unpaired) electrons. The summed E-state index contributed by atoms with van der Waals surface area (Å²) in [7, 11) is 0. The third-order valence-electron chi connectivity index (χ3n) is 10.1. The number of carbonyl (C=O) groups is 2. The molecular weight excluding hydrogens is 380 g/mol. The molecule has 0 unspecified atom stereocenters. The van der Waals surface area contributed by atoms with Gasteiger partial charge in [0.05, 0.1) is 12.7 Å². The average Bonchev–Trinajstić information content (AvgIpc) is 2.92. The van der Waals surface area contributed by atoms with Crippen molar-refractivity contribution >= 4 is 11.9 Å². The van der Waals surface area contributed by atoms with Crippen LogP contribution >= 0.6 is 0 Å². The molecule has 0 spiro atoms. The van der Waals surface area contributed by atoms with Gasteiger partial charge in [-0.1, -0.05) is 20.8 Å². The number of aliphatic hydroxyl groups excluding tert-OH is 1. The lowest BCUT2D eigenvalue weighted by Gasteiger charge is -2.63. The molecule has 5 heteroatoms. The van der Waals surface area contributed by atoms with Crippen LogP contribution in [0.5, 0.6) is 0 Å². The molecule has 10 atom stereocenters. The number of hydrogen-bond donors (Lipinski definition) is 1. The Morgan fingerprint density at radius 3 is 2.43 bits per heavy atom. The predicted molar refractivity (Wildman–Crippen MR) is 113 cm³/mol. The summed E-state index contributed by atoms with van der Waals surface area (Å²) in [5, 5.41) is 10.4. The van der Waals surface area contributed by atoms with E-state index in [4.69, 9.17) is 9.47 Å². The van der Waals surface area contributed by atoms with E-state index in [1.165, 1.54) is 33.1 Å². The number of rotatable bonds is 3. The summed E-state index contributed by atoms with van der Waals surface area (Å²) in [6.07, 6.45) is 6.99. The molecule has 0 amide bonds. The van der Waals surface area contributed by atoms with Crippen LogP contribution < -0.4 is 0 Å². The minimum absolute atomic E-state index is 0.0434. The van der Waals surface area contributed by atoms with E-state index >= 15 is 0 Å². The van der Waals surface area contributed by atoms with Crippen molar-refractivity contribution < 1.29 is 24.2 Å². The molecule has 4 saturated carbocycles. The molecule has 30 heavy (non-hydrogen) atoms. The minimum atomic E-state index is -0.231. The topological polar surface area (TPSA) is 72.8 Å². The van der Waals surface area contributed by atoms with Gasteiger partial charge in [0.15, 0.2) is 0 Å². The van der Waals surface area contributed by atoms with Crippen molar-refractivity contribution in [1.82, 2.24) is 0 Å². The molecule has 170 valence electrons. The Morgan fingerprint density at radius 2 is 1.77 bits per heavy atom. The first-order chi connectivity index (χ1) is 14.1. The van der Waals surface area contributed by atoms with Gasteiger partial charge in [-0.3, -0.25) is 9.59 Å². The summed E-state index contributed by atoms with van der Waals surface area (Å²) in [5.74, 6) is 2.54. The fourth-order valence-corrected chi connectivity index (χ4v) is 8.71. The summed E-state index contributed by atoms with van der Waals surface area (Å²) < 4.78 is 11.4. The Kier molecular flexibility index (Phi) is 5.74. The molecule has 0 saturated heterocycles. The number of carbonyl (C=O) groups excluding carboxylic acids is 2. The van der Waals surface area contributed by atoms with Gasteiger partial charge in [-0.25, -0.2) is 0 Å². The quantitative estimate of drug-likeness (QED) is 0.687. The number of esters is 2. The van der Waals surface area contributed by atoms with Crippen LogP contribution in [-0.2, 0) is 19.1 Å². The smallest absolute Gasteiger partial charge is 0.302 e. The van der Waals surface area contributed by atoms with Crippen LogP contribution in [0.15, 0.2) is 0 Å². The van der Waals surface area contributed by atoms with Gasteiger partial charge in [-0.15, -0.1) is 0 Å². The zero-order valence-corrected chi connectivity index (χ0v) is 19.4. The number of fused-ring (bicyclic) bond motifs is 5. The van der Waals surface area contributed by atoms with E-state index in [2.05, 4.69) is 20.8 Å². The first-order valence-electron chi connectivity index (χ1n) is 12.1. The van der Waals surface area contributed by atoms with E-state index in [-0.39, 0.29) is 40.9 Å². The Labute approximate surface area is 181 Å². The predicted octanol–water partition coefficient (Wildman–Crippen LogP) is 4.36. The fraction of sp³-hybridized carbons (Fsp3) is 0.920. The van der Waals surface area contributed by atoms with Gasteiger partial charge < -0.3 is 14.6 Å². The van der Waals surface area contributed by atoms with Crippen molar-refractivity contribution in [2.45, 2.75) is 91.8 Å². The van der Waals surface area contributed by atoms with Crippen LogP contribution in [0.3, 0.4) is 0 Å². The molecule has 4 fully saturated rings. The second kappa shape index (κ2) is 7.79. The van der Waals surface area contributed by atoms with Crippen molar-refractivity contribution in [2.24, 2.45) is 46.3 Å². The lowest BCUT2D eigenvalue weighted by Crippen LogP contribution is -2.58. The molecule has 0 aromatic rings. The van der Waals surface area contributed by atoms with Crippen LogP contribution in [0.4, 0.5) is 0 Å². The van der Waals surface area contributed by atoms with Crippen molar-refractivity contribution in [1.29, 1.82) is 0 Å². The van der Waals surface area contributed by atoms with Crippen LogP contribution in [0.25, 0.3) is 0 Å². The van der Waals surface area contributed by atoms with Gasteiger partial charge >= 0.3 is 11.9 Å². The maximum Gasteiger partial charge on any atom is 0.302 e. The highest BCUT2D eigenvalue weighted by Gasteiger charge is 2.64. The third-order valence-corrected chi connectivity index (χ3v) is 10.1. The number of hydrogen-bond acceptors (Lipinski definition) is 5. The SMILES string of the molecule is CC(=O)OC[C@H]1C[C@H](OC(C)=O)[C@@]2(C)CC[C@H]3[C@@H](CC[C@H]4C[C@H](O)C[C@H](C)[C@@]43C)[C@H]12. The van der Waals surface area contributed by atoms with Gasteiger partial charge in [0, 0.05) is 25.2 Å². The first kappa shape index (κ1) is 22.1. The maximum absolute atomic E-state index is 11.9. The highest BCUT2D eigenvalue weighted by atomic mass is 16.5. The molecule has 0 aromatic carbocycles. The summed E-state index contributed by atoms with van der Waals surface area (Å²) in [6, 6.07) is 0. The highest BCUT2D eigenvalue weighted by molar-refractivity contribution is 5.66. The molecule has 4 aliphatic carbocycles. The normalized spacial score (nSPS) is 50.1. The van der Waals surface area contributed by atoms with Gasteiger partial charge in [0.1, 0.15) is 6.10 Å². The van der Waals surface area contributed by atoms with E-state index in [1.54, 1.807) is 0 Å². The lowest BCUT2D eigenvalue weighted by atomic mass is 9.42. The average molecular weight is 421 g/mol. The molecule has 1 N–H and O–H groups in total. The van der Waals surface area contributed by atoms with Gasteiger partial charge in [0.25, 0.3) is 0 Å². The monoisotopic (exact) mass is 420 g/mol. The van der Waals surface area contributed by atoms with Crippen LogP contribution in [-0.4, -0.2) is 35.9 Å². The van der Waals surface area contributed by atoms with E-state index in [1.807, 2.05) is 0 Å². The molecular formula is C25H40O5. The van der Waals surface area contributed by atoms with Crippen molar-refractivity contribution in [3.05, 3.63) is 0 Å². The van der Waals surface area contributed by atoms with E-state index < -0.39 is 0 Å². The van der Waals surface area contributed by atoms with Crippen LogP contribution in [0, 0.1) is 46.3 Å². The van der Waals surface area contributed by atoms with Crippen molar-refractivity contribution in [2.75, 3.05) is 6.61 Å². The summed E-state index contributed by atoms with van der Waals surface area (Å²) in [4.78, 5) is 23.4. The second-order valence-electron chi connectivity index (χ2n) is 11.4. The van der Waals surface area contributed by atoms with E-state index in [9.17, 15) is 14.7 Å². The highest BCUT2D eigenvalue weighted by Crippen LogP contribution is 2.68.